The molecule has 0 bridgehead atoms. The molecule has 0 radical (unpaired) electrons. The van der Waals surface area contributed by atoms with Crippen molar-refractivity contribution >= 4 is 10.2 Å². The van der Waals surface area contributed by atoms with Crippen LogP contribution in [0.4, 0.5) is 0 Å². The van der Waals surface area contributed by atoms with Crippen LogP contribution in [0.5, 0.6) is 5.75 Å². The van der Waals surface area contributed by atoms with Crippen LogP contribution in [0, 0.1) is 0 Å². The van der Waals surface area contributed by atoms with Crippen LogP contribution in [0.15, 0.2) is 54.6 Å². The minimum atomic E-state index is -3.64. The highest BCUT2D eigenvalue weighted by molar-refractivity contribution is 7.87. The van der Waals surface area contributed by atoms with Gasteiger partial charge in [-0.05, 0) is 29.7 Å². The number of rotatable bonds is 6. The van der Waals surface area contributed by atoms with Gasteiger partial charge in [-0.2, -0.15) is 17.4 Å². The summed E-state index contributed by atoms with van der Waals surface area (Å²) in [6, 6.07) is 16.8. The first kappa shape index (κ1) is 21.3. The van der Waals surface area contributed by atoms with Gasteiger partial charge in [0.05, 0.1) is 6.04 Å². The summed E-state index contributed by atoms with van der Waals surface area (Å²) in [6.45, 7) is 1.44. The van der Waals surface area contributed by atoms with Gasteiger partial charge in [0.25, 0.3) is 10.2 Å². The average Bonchev–Trinajstić information content (AvgIpc) is 3.02. The van der Waals surface area contributed by atoms with Crippen molar-refractivity contribution in [1.82, 2.24) is 13.9 Å². The van der Waals surface area contributed by atoms with Crippen LogP contribution in [0.3, 0.4) is 0 Å². The molecule has 0 aromatic heterocycles. The molecule has 2 N–H and O–H groups in total. The van der Waals surface area contributed by atoms with Gasteiger partial charge in [0.1, 0.15) is 18.0 Å². The van der Waals surface area contributed by atoms with Gasteiger partial charge >= 0.3 is 0 Å². The van der Waals surface area contributed by atoms with E-state index in [1.807, 2.05) is 42.5 Å². The van der Waals surface area contributed by atoms with Gasteiger partial charge in [0.2, 0.25) is 0 Å². The Labute approximate surface area is 178 Å². The number of fused-ring (bicyclic) bond motifs is 1. The Bertz CT molecular complexity index is 967. The molecule has 1 aliphatic heterocycles. The summed E-state index contributed by atoms with van der Waals surface area (Å²) in [4.78, 5) is 2.18. The second kappa shape index (κ2) is 8.64. The van der Waals surface area contributed by atoms with E-state index in [1.54, 1.807) is 0 Å². The number of para-hydroxylation sites is 1. The predicted molar refractivity (Wildman–Crippen MR) is 115 cm³/mol. The molecular formula is C22H29N3O4S. The zero-order valence-corrected chi connectivity index (χ0v) is 18.1. The lowest BCUT2D eigenvalue weighted by Gasteiger charge is -2.38. The van der Waals surface area contributed by atoms with Crippen LogP contribution in [0.25, 0.3) is 0 Å². The van der Waals surface area contributed by atoms with E-state index in [2.05, 4.69) is 21.8 Å². The summed E-state index contributed by atoms with van der Waals surface area (Å²) in [5.41, 5.74) is 2.53. The van der Waals surface area contributed by atoms with Gasteiger partial charge in [-0.25, -0.2) is 0 Å². The summed E-state index contributed by atoms with van der Waals surface area (Å²) in [7, 11) is -0.648. The van der Waals surface area contributed by atoms with E-state index in [-0.39, 0.29) is 6.04 Å². The number of hydrogen-bond donors (Lipinski definition) is 2. The van der Waals surface area contributed by atoms with Crippen LogP contribution in [0.1, 0.15) is 17.5 Å². The minimum Gasteiger partial charge on any atom is -0.488 e. The first-order chi connectivity index (χ1) is 14.3. The number of hydrogen-bond acceptors (Lipinski definition) is 5. The largest absolute Gasteiger partial charge is 0.488 e. The number of nitrogens with one attached hydrogen (secondary N) is 1. The van der Waals surface area contributed by atoms with E-state index < -0.39 is 28.5 Å². The van der Waals surface area contributed by atoms with E-state index in [1.165, 1.54) is 25.2 Å². The fourth-order valence-electron chi connectivity index (χ4n) is 4.44. The first-order valence-corrected chi connectivity index (χ1v) is 11.7. The summed E-state index contributed by atoms with van der Waals surface area (Å²) in [5, 5.41) is 11.2. The van der Waals surface area contributed by atoms with Crippen molar-refractivity contribution in [2.24, 2.45) is 0 Å². The van der Waals surface area contributed by atoms with Crippen molar-refractivity contribution in [2.45, 2.75) is 43.7 Å². The molecule has 0 unspecified atom stereocenters. The van der Waals surface area contributed by atoms with E-state index >= 15 is 0 Å². The second-order valence-electron chi connectivity index (χ2n) is 8.19. The van der Waals surface area contributed by atoms with Gasteiger partial charge in [-0.3, -0.25) is 4.90 Å². The highest BCUT2D eigenvalue weighted by atomic mass is 32.2. The maximum atomic E-state index is 12.6. The molecule has 1 aliphatic carbocycles. The number of aliphatic hydroxyl groups excluding tert-OH is 1. The maximum Gasteiger partial charge on any atom is 0.279 e. The highest BCUT2D eigenvalue weighted by Crippen LogP contribution is 2.32. The lowest BCUT2D eigenvalue weighted by Crippen LogP contribution is -2.55. The lowest BCUT2D eigenvalue weighted by molar-refractivity contribution is 0.00336. The molecule has 2 aromatic carbocycles. The first-order valence-electron chi connectivity index (χ1n) is 10.3. The lowest BCUT2D eigenvalue weighted by atomic mass is 9.97. The normalized spacial score (nSPS) is 27.2. The number of aliphatic hydroxyl groups is 1. The SMILES string of the molecule is CN(C)S(=O)(=O)N[C@@H]1C[C@@H](Oc2ccccc2)[C@H](O)[C@H]1N1CCc2ccccc2C1. The molecule has 0 spiro atoms. The van der Waals surface area contributed by atoms with Crippen molar-refractivity contribution in [1.29, 1.82) is 0 Å². The van der Waals surface area contributed by atoms with Crippen molar-refractivity contribution in [3.05, 3.63) is 65.7 Å². The number of nitrogens with zero attached hydrogens (tertiary/aromatic N) is 2. The zero-order valence-electron chi connectivity index (χ0n) is 17.3. The third kappa shape index (κ3) is 4.38. The minimum absolute atomic E-state index is 0.373. The summed E-state index contributed by atoms with van der Waals surface area (Å²) >= 11 is 0. The topological polar surface area (TPSA) is 82.1 Å². The van der Waals surface area contributed by atoms with E-state index in [9.17, 15) is 13.5 Å². The van der Waals surface area contributed by atoms with Gasteiger partial charge in [-0.15, -0.1) is 0 Å². The van der Waals surface area contributed by atoms with E-state index in [4.69, 9.17) is 4.74 Å². The van der Waals surface area contributed by atoms with E-state index in [0.717, 1.165) is 17.3 Å². The Hall–Kier alpha value is -1.97. The van der Waals surface area contributed by atoms with Crippen molar-refractivity contribution < 1.29 is 18.3 Å². The Morgan fingerprint density at radius 1 is 1.07 bits per heavy atom. The average molecular weight is 432 g/mol. The Morgan fingerprint density at radius 2 is 1.73 bits per heavy atom. The number of benzene rings is 2. The van der Waals surface area contributed by atoms with Gasteiger partial charge < -0.3 is 9.84 Å². The molecule has 4 atom stereocenters. The molecule has 8 heteroatoms. The Balaban J connectivity index is 1.59. The van der Waals surface area contributed by atoms with Crippen LogP contribution in [-0.2, 0) is 23.2 Å². The molecule has 0 saturated heterocycles. The van der Waals surface area contributed by atoms with Crippen LogP contribution in [-0.4, -0.2) is 67.7 Å². The summed E-state index contributed by atoms with van der Waals surface area (Å²) in [5.74, 6) is 0.667. The molecule has 2 aliphatic rings. The molecule has 1 heterocycles. The predicted octanol–water partition coefficient (Wildman–Crippen LogP) is 1.39. The van der Waals surface area contributed by atoms with Crippen LogP contribution >= 0.6 is 0 Å². The standard InChI is InChI=1S/C22H29N3O4S/c1-24(2)30(27,28)23-19-14-20(29-18-10-4-3-5-11-18)22(26)21(19)25-13-12-16-8-6-7-9-17(16)15-25/h3-11,19-23,26H,12-15H2,1-2H3/t19-,20-,21+,22+/m1/s1. The molecular weight excluding hydrogens is 402 g/mol. The summed E-state index contributed by atoms with van der Waals surface area (Å²) in [6.07, 6.45) is -0.0438. The highest BCUT2D eigenvalue weighted by Gasteiger charge is 2.48. The number of ether oxygens (including phenoxy) is 1. The smallest absolute Gasteiger partial charge is 0.279 e. The van der Waals surface area contributed by atoms with Gasteiger partial charge in [-0.1, -0.05) is 42.5 Å². The fraction of sp³-hybridized carbons (Fsp3) is 0.455. The molecule has 2 aromatic rings. The van der Waals surface area contributed by atoms with Gasteiger partial charge in [0.15, 0.2) is 0 Å². The van der Waals surface area contributed by atoms with Gasteiger partial charge in [0, 0.05) is 39.6 Å². The molecule has 162 valence electrons. The van der Waals surface area contributed by atoms with Crippen LogP contribution in [0.2, 0.25) is 0 Å². The Morgan fingerprint density at radius 3 is 2.43 bits per heavy atom. The van der Waals surface area contributed by atoms with Crippen LogP contribution < -0.4 is 9.46 Å². The maximum absolute atomic E-state index is 12.6. The fourth-order valence-corrected chi connectivity index (χ4v) is 5.26. The molecule has 30 heavy (non-hydrogen) atoms. The quantitative estimate of drug-likeness (QED) is 0.722. The molecule has 1 fully saturated rings. The van der Waals surface area contributed by atoms with Crippen molar-refractivity contribution in [3.63, 3.8) is 0 Å². The van der Waals surface area contributed by atoms with E-state index in [0.29, 0.717) is 18.7 Å². The second-order valence-corrected chi connectivity index (χ2v) is 10.1. The van der Waals surface area contributed by atoms with Crippen molar-refractivity contribution in [3.8, 4) is 5.75 Å². The molecule has 0 amide bonds. The third-order valence-electron chi connectivity index (χ3n) is 6.02. The molecule has 1 saturated carbocycles. The Kier molecular flexibility index (Phi) is 6.13. The summed E-state index contributed by atoms with van der Waals surface area (Å²) < 4.78 is 35.1. The third-order valence-corrected chi connectivity index (χ3v) is 7.58. The monoisotopic (exact) mass is 431 g/mol. The molecule has 4 rings (SSSR count). The molecule has 7 nitrogen and oxygen atoms in total. The zero-order chi connectivity index (χ0) is 21.3. The van der Waals surface area contributed by atoms with Crippen molar-refractivity contribution in [2.75, 3.05) is 20.6 Å².